The molecule has 1 aliphatic carbocycles. The van der Waals surface area contributed by atoms with Gasteiger partial charge in [-0.05, 0) is 26.3 Å². The third-order valence-corrected chi connectivity index (χ3v) is 2.35. The third-order valence-electron chi connectivity index (χ3n) is 2.35. The summed E-state index contributed by atoms with van der Waals surface area (Å²) >= 11 is 0. The van der Waals surface area contributed by atoms with Crippen LogP contribution in [0, 0.1) is 0 Å². The summed E-state index contributed by atoms with van der Waals surface area (Å²) in [7, 11) is 3.73. The van der Waals surface area contributed by atoms with Gasteiger partial charge in [0.15, 0.2) is 0 Å². The molecule has 3 heteroatoms. The first-order chi connectivity index (χ1) is 5.86. The highest BCUT2D eigenvalue weighted by atomic mass is 16.5. The Labute approximate surface area is 74.4 Å². The van der Waals surface area contributed by atoms with Gasteiger partial charge in [-0.1, -0.05) is 0 Å². The first-order valence-electron chi connectivity index (χ1n) is 4.64. The van der Waals surface area contributed by atoms with Crippen molar-refractivity contribution in [3.05, 3.63) is 0 Å². The average molecular weight is 173 g/mol. The Morgan fingerprint density at radius 2 is 2.08 bits per heavy atom. The normalized spacial score (nSPS) is 28.5. The predicted octanol–water partition coefficient (Wildman–Crippen LogP) is 0.790. The second-order valence-electron chi connectivity index (χ2n) is 3.30. The lowest BCUT2D eigenvalue weighted by atomic mass is 9.89. The molecule has 0 unspecified atom stereocenters. The molecule has 0 amide bonds. The Bertz CT molecular complexity index is 113. The van der Waals surface area contributed by atoms with Crippen LogP contribution < -0.4 is 5.32 Å². The number of hydrogen-bond donors (Lipinski definition) is 1. The van der Waals surface area contributed by atoms with Crippen LogP contribution in [-0.4, -0.2) is 39.5 Å². The van der Waals surface area contributed by atoms with Crippen molar-refractivity contribution in [3.63, 3.8) is 0 Å². The van der Waals surface area contributed by atoms with Gasteiger partial charge in [0.1, 0.15) is 0 Å². The van der Waals surface area contributed by atoms with E-state index in [2.05, 4.69) is 5.32 Å². The molecule has 0 spiro atoms. The SMILES string of the molecule is CNC1CC(OCCCOC)C1. The van der Waals surface area contributed by atoms with Gasteiger partial charge in [0, 0.05) is 26.4 Å². The minimum atomic E-state index is 0.499. The first-order valence-corrected chi connectivity index (χ1v) is 4.64. The van der Waals surface area contributed by atoms with Gasteiger partial charge in [0.05, 0.1) is 6.10 Å². The van der Waals surface area contributed by atoms with E-state index in [0.717, 1.165) is 19.6 Å². The van der Waals surface area contributed by atoms with Crippen LogP contribution >= 0.6 is 0 Å². The van der Waals surface area contributed by atoms with Gasteiger partial charge in [-0.25, -0.2) is 0 Å². The van der Waals surface area contributed by atoms with Crippen molar-refractivity contribution in [2.45, 2.75) is 31.4 Å². The number of rotatable bonds is 6. The summed E-state index contributed by atoms with van der Waals surface area (Å²) in [6.07, 6.45) is 3.85. The number of methoxy groups -OCH3 is 1. The molecule has 12 heavy (non-hydrogen) atoms. The Hall–Kier alpha value is -0.120. The molecule has 0 heterocycles. The Balaban J connectivity index is 1.83. The molecule has 0 aliphatic heterocycles. The van der Waals surface area contributed by atoms with Crippen molar-refractivity contribution in [1.82, 2.24) is 5.32 Å². The maximum atomic E-state index is 5.59. The lowest BCUT2D eigenvalue weighted by Gasteiger charge is -2.34. The van der Waals surface area contributed by atoms with E-state index in [1.807, 2.05) is 7.05 Å². The van der Waals surface area contributed by atoms with E-state index in [1.165, 1.54) is 12.8 Å². The van der Waals surface area contributed by atoms with Crippen LogP contribution in [0.15, 0.2) is 0 Å². The molecular weight excluding hydrogens is 154 g/mol. The van der Waals surface area contributed by atoms with E-state index < -0.39 is 0 Å². The zero-order valence-corrected chi connectivity index (χ0v) is 8.01. The second-order valence-corrected chi connectivity index (χ2v) is 3.30. The summed E-state index contributed by atoms with van der Waals surface area (Å²) in [5.74, 6) is 0. The van der Waals surface area contributed by atoms with Crippen molar-refractivity contribution in [3.8, 4) is 0 Å². The standard InChI is InChI=1S/C9H19NO2/c1-10-8-6-9(7-8)12-5-3-4-11-2/h8-10H,3-7H2,1-2H3. The molecule has 1 fully saturated rings. The quantitative estimate of drug-likeness (QED) is 0.602. The number of ether oxygens (including phenoxy) is 2. The average Bonchev–Trinajstić information content (AvgIpc) is 2.01. The third kappa shape index (κ3) is 3.09. The monoisotopic (exact) mass is 173 g/mol. The molecule has 3 nitrogen and oxygen atoms in total. The topological polar surface area (TPSA) is 30.5 Å². The van der Waals surface area contributed by atoms with Gasteiger partial charge in [-0.2, -0.15) is 0 Å². The summed E-state index contributed by atoms with van der Waals surface area (Å²) < 4.78 is 10.5. The summed E-state index contributed by atoms with van der Waals surface area (Å²) in [6.45, 7) is 1.65. The molecule has 1 saturated carbocycles. The summed E-state index contributed by atoms with van der Waals surface area (Å²) in [4.78, 5) is 0. The summed E-state index contributed by atoms with van der Waals surface area (Å²) in [6, 6.07) is 0.692. The molecule has 72 valence electrons. The van der Waals surface area contributed by atoms with E-state index in [1.54, 1.807) is 7.11 Å². The zero-order valence-electron chi connectivity index (χ0n) is 8.01. The fraction of sp³-hybridized carbons (Fsp3) is 1.00. The lowest BCUT2D eigenvalue weighted by Crippen LogP contribution is -2.43. The van der Waals surface area contributed by atoms with Gasteiger partial charge in [0.25, 0.3) is 0 Å². The highest BCUT2D eigenvalue weighted by Gasteiger charge is 2.27. The lowest BCUT2D eigenvalue weighted by molar-refractivity contribution is -0.0211. The fourth-order valence-corrected chi connectivity index (χ4v) is 1.39. The number of nitrogens with one attached hydrogen (secondary N) is 1. The highest BCUT2D eigenvalue weighted by Crippen LogP contribution is 2.22. The molecule has 1 aliphatic rings. The summed E-state index contributed by atoms with van der Waals surface area (Å²) in [5.41, 5.74) is 0. The van der Waals surface area contributed by atoms with Crippen LogP contribution in [0.25, 0.3) is 0 Å². The highest BCUT2D eigenvalue weighted by molar-refractivity contribution is 4.84. The zero-order chi connectivity index (χ0) is 8.81. The Morgan fingerprint density at radius 1 is 1.33 bits per heavy atom. The van der Waals surface area contributed by atoms with Crippen molar-refractivity contribution in [1.29, 1.82) is 0 Å². The van der Waals surface area contributed by atoms with Gasteiger partial charge in [-0.15, -0.1) is 0 Å². The smallest absolute Gasteiger partial charge is 0.0604 e. The Morgan fingerprint density at radius 3 is 2.67 bits per heavy atom. The molecular formula is C9H19NO2. The van der Waals surface area contributed by atoms with E-state index >= 15 is 0 Å². The van der Waals surface area contributed by atoms with E-state index in [0.29, 0.717) is 12.1 Å². The molecule has 0 saturated heterocycles. The van der Waals surface area contributed by atoms with Crippen molar-refractivity contribution in [2.75, 3.05) is 27.4 Å². The maximum Gasteiger partial charge on any atom is 0.0604 e. The maximum absolute atomic E-state index is 5.59. The molecule has 0 radical (unpaired) electrons. The van der Waals surface area contributed by atoms with Crippen molar-refractivity contribution < 1.29 is 9.47 Å². The molecule has 1 N–H and O–H groups in total. The Kier molecular flexibility index (Phi) is 4.58. The van der Waals surface area contributed by atoms with E-state index in [-0.39, 0.29) is 0 Å². The van der Waals surface area contributed by atoms with Crippen molar-refractivity contribution in [2.24, 2.45) is 0 Å². The minimum absolute atomic E-state index is 0.499. The molecule has 0 aromatic heterocycles. The van der Waals surface area contributed by atoms with Gasteiger partial charge >= 0.3 is 0 Å². The molecule has 0 aromatic rings. The van der Waals surface area contributed by atoms with Crippen molar-refractivity contribution >= 4 is 0 Å². The molecule has 0 bridgehead atoms. The van der Waals surface area contributed by atoms with Crippen LogP contribution in [0.1, 0.15) is 19.3 Å². The largest absolute Gasteiger partial charge is 0.385 e. The van der Waals surface area contributed by atoms with Gasteiger partial charge in [-0.3, -0.25) is 0 Å². The van der Waals surface area contributed by atoms with Crippen LogP contribution in [0.4, 0.5) is 0 Å². The van der Waals surface area contributed by atoms with Crippen LogP contribution in [0.3, 0.4) is 0 Å². The molecule has 0 aromatic carbocycles. The molecule has 0 atom stereocenters. The van der Waals surface area contributed by atoms with Gasteiger partial charge in [0.2, 0.25) is 0 Å². The first kappa shape index (κ1) is 9.96. The fourth-order valence-electron chi connectivity index (χ4n) is 1.39. The second kappa shape index (κ2) is 5.51. The van der Waals surface area contributed by atoms with Gasteiger partial charge < -0.3 is 14.8 Å². The van der Waals surface area contributed by atoms with Crippen LogP contribution in [-0.2, 0) is 9.47 Å². The predicted molar refractivity (Wildman–Crippen MR) is 48.3 cm³/mol. The minimum Gasteiger partial charge on any atom is -0.385 e. The van der Waals surface area contributed by atoms with Crippen LogP contribution in [0.5, 0.6) is 0 Å². The van der Waals surface area contributed by atoms with Crippen LogP contribution in [0.2, 0.25) is 0 Å². The number of hydrogen-bond acceptors (Lipinski definition) is 3. The van der Waals surface area contributed by atoms with E-state index in [4.69, 9.17) is 9.47 Å². The molecule has 1 rings (SSSR count). The van der Waals surface area contributed by atoms with E-state index in [9.17, 15) is 0 Å². The summed E-state index contributed by atoms with van der Waals surface area (Å²) in [5, 5.41) is 3.23.